The van der Waals surface area contributed by atoms with Crippen LogP contribution in [-0.4, -0.2) is 55.7 Å². The van der Waals surface area contributed by atoms with E-state index in [1.807, 2.05) is 0 Å². The zero-order valence-corrected chi connectivity index (χ0v) is 13.4. The Morgan fingerprint density at radius 1 is 1.14 bits per heavy atom. The minimum Gasteiger partial charge on any atom is -0.393 e. The summed E-state index contributed by atoms with van der Waals surface area (Å²) in [6.07, 6.45) is 5.83. The van der Waals surface area contributed by atoms with Crippen LogP contribution in [0.4, 0.5) is 0 Å². The molecule has 1 aliphatic heterocycles. The highest BCUT2D eigenvalue weighted by molar-refractivity contribution is 7.88. The van der Waals surface area contributed by atoms with E-state index < -0.39 is 10.0 Å². The molecule has 1 heterocycles. The third kappa shape index (κ3) is 4.93. The number of hydrogen-bond donors (Lipinski definition) is 2. The number of nitrogens with zero attached hydrogens (tertiary/aromatic N) is 1. The molecule has 1 aliphatic carbocycles. The first-order chi connectivity index (χ1) is 9.86. The maximum Gasteiger partial charge on any atom is 0.223 e. The predicted molar refractivity (Wildman–Crippen MR) is 80.1 cm³/mol. The highest BCUT2D eigenvalue weighted by Gasteiger charge is 2.29. The van der Waals surface area contributed by atoms with Gasteiger partial charge in [-0.3, -0.25) is 4.79 Å². The number of amides is 1. The quantitative estimate of drug-likeness (QED) is 0.782. The summed E-state index contributed by atoms with van der Waals surface area (Å²) in [6.45, 7) is 1.55. The summed E-state index contributed by atoms with van der Waals surface area (Å²) in [6, 6.07) is 0. The molecule has 7 heteroatoms. The van der Waals surface area contributed by atoms with Gasteiger partial charge in [-0.25, -0.2) is 12.7 Å². The molecule has 0 aromatic heterocycles. The maximum absolute atomic E-state index is 12.1. The highest BCUT2D eigenvalue weighted by atomic mass is 32.2. The normalized spacial score (nSPS) is 29.2. The molecule has 1 saturated heterocycles. The van der Waals surface area contributed by atoms with Gasteiger partial charge < -0.3 is 10.4 Å². The first-order valence-corrected chi connectivity index (χ1v) is 9.62. The van der Waals surface area contributed by atoms with Gasteiger partial charge in [-0.05, 0) is 44.4 Å². The van der Waals surface area contributed by atoms with Gasteiger partial charge in [0.05, 0.1) is 12.4 Å². The molecule has 1 saturated carbocycles. The summed E-state index contributed by atoms with van der Waals surface area (Å²) in [5, 5.41) is 12.5. The monoisotopic (exact) mass is 318 g/mol. The van der Waals surface area contributed by atoms with E-state index in [0.29, 0.717) is 38.4 Å². The van der Waals surface area contributed by atoms with E-state index in [9.17, 15) is 18.3 Å². The number of aliphatic hydroxyl groups is 1. The van der Waals surface area contributed by atoms with Crippen LogP contribution in [0, 0.1) is 11.8 Å². The molecule has 21 heavy (non-hydrogen) atoms. The molecule has 2 N–H and O–H groups in total. The lowest BCUT2D eigenvalue weighted by molar-refractivity contribution is -0.126. The number of rotatable bonds is 4. The van der Waals surface area contributed by atoms with Gasteiger partial charge in [0.25, 0.3) is 0 Å². The van der Waals surface area contributed by atoms with E-state index in [0.717, 1.165) is 25.7 Å². The summed E-state index contributed by atoms with van der Waals surface area (Å²) in [7, 11) is -3.13. The van der Waals surface area contributed by atoms with Crippen molar-refractivity contribution in [3.8, 4) is 0 Å². The average molecular weight is 318 g/mol. The second-order valence-corrected chi connectivity index (χ2v) is 8.34. The molecular weight excluding hydrogens is 292 g/mol. The van der Waals surface area contributed by atoms with Crippen molar-refractivity contribution in [2.75, 3.05) is 25.9 Å². The lowest BCUT2D eigenvalue weighted by Crippen LogP contribution is -2.43. The molecule has 122 valence electrons. The van der Waals surface area contributed by atoms with Crippen LogP contribution >= 0.6 is 0 Å². The fraction of sp³-hybridized carbons (Fsp3) is 0.929. The maximum atomic E-state index is 12.1. The van der Waals surface area contributed by atoms with E-state index in [-0.39, 0.29) is 17.9 Å². The second-order valence-electron chi connectivity index (χ2n) is 6.36. The van der Waals surface area contributed by atoms with Gasteiger partial charge in [0, 0.05) is 25.6 Å². The van der Waals surface area contributed by atoms with Gasteiger partial charge >= 0.3 is 0 Å². The molecule has 0 radical (unpaired) electrons. The Kier molecular flexibility index (Phi) is 5.62. The molecule has 0 atom stereocenters. The topological polar surface area (TPSA) is 86.7 Å². The third-order valence-electron chi connectivity index (χ3n) is 4.67. The Labute approximate surface area is 126 Å². The van der Waals surface area contributed by atoms with Crippen molar-refractivity contribution in [3.05, 3.63) is 0 Å². The number of aliphatic hydroxyl groups excluding tert-OH is 1. The largest absolute Gasteiger partial charge is 0.393 e. The predicted octanol–water partition coefficient (Wildman–Crippen LogP) is 0.325. The molecule has 2 fully saturated rings. The van der Waals surface area contributed by atoms with E-state index in [1.165, 1.54) is 10.6 Å². The number of carbonyl (C=O) groups excluding carboxylic acids is 1. The minimum atomic E-state index is -3.13. The highest BCUT2D eigenvalue weighted by Crippen LogP contribution is 2.24. The first kappa shape index (κ1) is 16.7. The summed E-state index contributed by atoms with van der Waals surface area (Å²) >= 11 is 0. The van der Waals surface area contributed by atoms with Gasteiger partial charge in [-0.2, -0.15) is 0 Å². The molecule has 0 bridgehead atoms. The van der Waals surface area contributed by atoms with Gasteiger partial charge in [-0.15, -0.1) is 0 Å². The molecule has 0 spiro atoms. The third-order valence-corrected chi connectivity index (χ3v) is 5.98. The van der Waals surface area contributed by atoms with E-state index in [4.69, 9.17) is 0 Å². The fourth-order valence-electron chi connectivity index (χ4n) is 3.19. The molecule has 2 aliphatic rings. The van der Waals surface area contributed by atoms with E-state index in [2.05, 4.69) is 5.32 Å². The molecule has 6 nitrogen and oxygen atoms in total. The number of nitrogens with one attached hydrogen (secondary N) is 1. The van der Waals surface area contributed by atoms with Crippen molar-refractivity contribution >= 4 is 15.9 Å². The number of piperidine rings is 1. The van der Waals surface area contributed by atoms with Crippen molar-refractivity contribution in [3.63, 3.8) is 0 Å². The number of carbonyl (C=O) groups is 1. The second kappa shape index (κ2) is 7.07. The smallest absolute Gasteiger partial charge is 0.223 e. The van der Waals surface area contributed by atoms with Crippen molar-refractivity contribution in [2.45, 2.75) is 44.6 Å². The van der Waals surface area contributed by atoms with Gasteiger partial charge in [0.1, 0.15) is 0 Å². The number of hydrogen-bond acceptors (Lipinski definition) is 4. The Balaban J connectivity index is 1.70. The SMILES string of the molecule is CS(=O)(=O)N1CCC(C(=O)NCC2CCC(O)CC2)CC1. The molecule has 2 rings (SSSR count). The summed E-state index contributed by atoms with van der Waals surface area (Å²) in [5.41, 5.74) is 0. The molecule has 0 unspecified atom stereocenters. The summed E-state index contributed by atoms with van der Waals surface area (Å²) < 4.78 is 24.3. The van der Waals surface area contributed by atoms with Crippen LogP contribution in [0.2, 0.25) is 0 Å². The van der Waals surface area contributed by atoms with E-state index >= 15 is 0 Å². The van der Waals surface area contributed by atoms with Crippen LogP contribution in [0.3, 0.4) is 0 Å². The van der Waals surface area contributed by atoms with Crippen molar-refractivity contribution < 1.29 is 18.3 Å². The summed E-state index contributed by atoms with van der Waals surface area (Å²) in [5.74, 6) is 0.444. The van der Waals surface area contributed by atoms with Crippen molar-refractivity contribution in [2.24, 2.45) is 11.8 Å². The lowest BCUT2D eigenvalue weighted by Gasteiger charge is -2.30. The van der Waals surface area contributed by atoms with Crippen LogP contribution < -0.4 is 5.32 Å². The standard InChI is InChI=1S/C14H26N2O4S/c1-21(19,20)16-8-6-12(7-9-16)14(18)15-10-11-2-4-13(17)5-3-11/h11-13,17H,2-10H2,1H3,(H,15,18). The molecule has 0 aromatic rings. The Morgan fingerprint density at radius 3 is 2.24 bits per heavy atom. The summed E-state index contributed by atoms with van der Waals surface area (Å²) in [4.78, 5) is 12.1. The Morgan fingerprint density at radius 2 is 1.71 bits per heavy atom. The molecular formula is C14H26N2O4S. The first-order valence-electron chi connectivity index (χ1n) is 7.77. The van der Waals surface area contributed by atoms with E-state index in [1.54, 1.807) is 0 Å². The molecule has 1 amide bonds. The zero-order valence-electron chi connectivity index (χ0n) is 12.6. The fourth-order valence-corrected chi connectivity index (χ4v) is 4.06. The zero-order chi connectivity index (χ0) is 15.5. The van der Waals surface area contributed by atoms with Crippen LogP contribution in [0.15, 0.2) is 0 Å². The van der Waals surface area contributed by atoms with Crippen LogP contribution in [0.5, 0.6) is 0 Å². The minimum absolute atomic E-state index is 0.0503. The van der Waals surface area contributed by atoms with Gasteiger partial charge in [-0.1, -0.05) is 0 Å². The van der Waals surface area contributed by atoms with Crippen LogP contribution in [-0.2, 0) is 14.8 Å². The van der Waals surface area contributed by atoms with Gasteiger partial charge in [0.15, 0.2) is 0 Å². The van der Waals surface area contributed by atoms with Crippen LogP contribution in [0.25, 0.3) is 0 Å². The Hall–Kier alpha value is -0.660. The van der Waals surface area contributed by atoms with Crippen LogP contribution in [0.1, 0.15) is 38.5 Å². The Bertz CT molecular complexity index is 450. The molecule has 0 aromatic carbocycles. The average Bonchev–Trinajstić information content (AvgIpc) is 2.45. The van der Waals surface area contributed by atoms with Crippen molar-refractivity contribution in [1.82, 2.24) is 9.62 Å². The van der Waals surface area contributed by atoms with Crippen molar-refractivity contribution in [1.29, 1.82) is 0 Å². The number of sulfonamides is 1. The van der Waals surface area contributed by atoms with Gasteiger partial charge in [0.2, 0.25) is 15.9 Å². The lowest BCUT2D eigenvalue weighted by atomic mass is 9.87.